The summed E-state index contributed by atoms with van der Waals surface area (Å²) in [6, 6.07) is 0. The quantitative estimate of drug-likeness (QED) is 0.376. The van der Waals surface area contributed by atoms with Gasteiger partial charge in [0.2, 0.25) is 0 Å². The van der Waals surface area contributed by atoms with E-state index >= 15 is 0 Å². The predicted octanol–water partition coefficient (Wildman–Crippen LogP) is 6.72. The van der Waals surface area contributed by atoms with Crippen molar-refractivity contribution in [3.8, 4) is 0 Å². The zero-order valence-corrected chi connectivity index (χ0v) is 16.2. The van der Waals surface area contributed by atoms with E-state index in [0.29, 0.717) is 0 Å². The van der Waals surface area contributed by atoms with Gasteiger partial charge < -0.3 is 55.4 Å². The molecule has 0 aliphatic carbocycles. The molecular weight excluding hydrogens is 387 g/mol. The minimum atomic E-state index is 0. The molecule has 0 aromatic carbocycles. The molecule has 0 aromatic rings. The van der Waals surface area contributed by atoms with Gasteiger partial charge in [-0.05, 0) is 0 Å². The summed E-state index contributed by atoms with van der Waals surface area (Å²) in [6.45, 7) is 40.0. The fourth-order valence-corrected chi connectivity index (χ4v) is 0. The molecule has 122 valence electrons. The Balaban J connectivity index is -0.00000000610. The minimum absolute atomic E-state index is 0. The van der Waals surface area contributed by atoms with E-state index in [9.17, 15) is 0 Å². The first kappa shape index (κ1) is 65.3. The molecule has 0 aliphatic heterocycles. The van der Waals surface area contributed by atoms with Crippen LogP contribution in [0.4, 0.5) is 0 Å². The van der Waals surface area contributed by atoms with Crippen molar-refractivity contribution in [1.29, 1.82) is 0 Å². The monoisotopic (exact) mass is 427 g/mol. The largest absolute Gasteiger partial charge is 0.346 e. The maximum Gasteiger partial charge on any atom is 0 e. The third-order valence-electron chi connectivity index (χ3n) is 0. The second-order valence-corrected chi connectivity index (χ2v) is 0. The molecule has 0 saturated carbocycles. The Morgan fingerprint density at radius 1 is 0.235 bits per heavy atom. The van der Waals surface area contributed by atoms with Crippen molar-refractivity contribution in [2.45, 2.75) is 55.4 Å². The second-order valence-electron chi connectivity index (χ2n) is 0. The Labute approximate surface area is 132 Å². The van der Waals surface area contributed by atoms with Crippen LogP contribution in [0.3, 0.4) is 0 Å². The van der Waals surface area contributed by atoms with Crippen molar-refractivity contribution < 1.29 is 21.1 Å². The molecule has 0 radical (unpaired) electrons. The summed E-state index contributed by atoms with van der Waals surface area (Å²) in [7, 11) is 0. The molecule has 17 heavy (non-hydrogen) atoms. The Hall–Kier alpha value is 0.688. The molecule has 0 atom stereocenters. The van der Waals surface area contributed by atoms with Gasteiger partial charge in [-0.2, -0.15) is 55.4 Å². The minimum Gasteiger partial charge on any atom is -0.346 e. The van der Waals surface area contributed by atoms with Gasteiger partial charge in [0.1, 0.15) is 0 Å². The standard InChI is InChI=1S/8C2H5.Pt/c8*1-2;/h8*1H2,2H3;/q8*-1;. The number of rotatable bonds is 0. The molecule has 0 bridgehead atoms. The van der Waals surface area contributed by atoms with E-state index in [4.69, 9.17) is 0 Å². The van der Waals surface area contributed by atoms with Gasteiger partial charge in [-0.3, -0.25) is 0 Å². The van der Waals surface area contributed by atoms with Crippen molar-refractivity contribution in [2.24, 2.45) is 0 Å². The zero-order valence-electron chi connectivity index (χ0n) is 14.0. The molecule has 0 N–H and O–H groups in total. The van der Waals surface area contributed by atoms with Crippen molar-refractivity contribution >= 4 is 0 Å². The van der Waals surface area contributed by atoms with E-state index in [1.165, 1.54) is 0 Å². The van der Waals surface area contributed by atoms with Crippen LogP contribution >= 0.6 is 0 Å². The topological polar surface area (TPSA) is 0 Å². The summed E-state index contributed by atoms with van der Waals surface area (Å²) >= 11 is 0. The Kier molecular flexibility index (Phi) is 33300. The molecule has 0 aliphatic rings. The van der Waals surface area contributed by atoms with Gasteiger partial charge in [0.25, 0.3) is 0 Å². The van der Waals surface area contributed by atoms with E-state index < -0.39 is 0 Å². The molecule has 0 amide bonds. The van der Waals surface area contributed by atoms with Crippen LogP contribution in [0.2, 0.25) is 0 Å². The summed E-state index contributed by atoms with van der Waals surface area (Å²) in [6.07, 6.45) is 0. The van der Waals surface area contributed by atoms with E-state index in [-0.39, 0.29) is 21.1 Å². The van der Waals surface area contributed by atoms with Crippen LogP contribution in [-0.4, -0.2) is 0 Å². The van der Waals surface area contributed by atoms with Crippen LogP contribution in [0, 0.1) is 55.4 Å². The molecular formula is C16H40Pt-8. The smallest absolute Gasteiger partial charge is 0 e. The molecule has 0 nitrogen and oxygen atoms in total. The first-order chi connectivity index (χ1) is 8.00. The zero-order chi connectivity index (χ0) is 16.0. The van der Waals surface area contributed by atoms with E-state index in [1.807, 2.05) is 0 Å². The number of hydrogen-bond donors (Lipinski definition) is 0. The average Bonchev–Trinajstić information content (AvgIpc) is 2.54. The van der Waals surface area contributed by atoms with Crippen molar-refractivity contribution in [2.75, 3.05) is 0 Å². The van der Waals surface area contributed by atoms with Crippen molar-refractivity contribution in [3.05, 3.63) is 55.4 Å². The summed E-state index contributed by atoms with van der Waals surface area (Å²) in [4.78, 5) is 0. The molecule has 0 fully saturated rings. The maximum atomic E-state index is 3.25. The summed E-state index contributed by atoms with van der Waals surface area (Å²) < 4.78 is 0. The normalized spacial score (nSPS) is 2.82. The molecule has 0 spiro atoms. The van der Waals surface area contributed by atoms with Crippen molar-refractivity contribution in [1.82, 2.24) is 0 Å². The van der Waals surface area contributed by atoms with Gasteiger partial charge >= 0.3 is 0 Å². The van der Waals surface area contributed by atoms with Gasteiger partial charge in [-0.1, -0.05) is 0 Å². The van der Waals surface area contributed by atoms with Gasteiger partial charge in [-0.15, -0.1) is 0 Å². The van der Waals surface area contributed by atoms with Crippen LogP contribution in [0.25, 0.3) is 0 Å². The maximum absolute atomic E-state index is 3.25. The summed E-state index contributed by atoms with van der Waals surface area (Å²) in [5, 5.41) is 0. The Morgan fingerprint density at radius 2 is 0.235 bits per heavy atom. The molecule has 0 heterocycles. The van der Waals surface area contributed by atoms with E-state index in [0.717, 1.165) is 0 Å². The van der Waals surface area contributed by atoms with Crippen molar-refractivity contribution in [3.63, 3.8) is 0 Å². The van der Waals surface area contributed by atoms with Crippen LogP contribution in [0.15, 0.2) is 0 Å². The molecule has 0 aromatic heterocycles. The van der Waals surface area contributed by atoms with Crippen LogP contribution in [0.5, 0.6) is 0 Å². The molecule has 0 unspecified atom stereocenters. The van der Waals surface area contributed by atoms with Gasteiger partial charge in [0.15, 0.2) is 0 Å². The van der Waals surface area contributed by atoms with Crippen LogP contribution in [-0.2, 0) is 21.1 Å². The van der Waals surface area contributed by atoms with E-state index in [1.54, 1.807) is 55.4 Å². The predicted molar refractivity (Wildman–Crippen MR) is 88.2 cm³/mol. The van der Waals surface area contributed by atoms with E-state index in [2.05, 4.69) is 55.4 Å². The third-order valence-corrected chi connectivity index (χ3v) is 0. The summed E-state index contributed by atoms with van der Waals surface area (Å²) in [5.41, 5.74) is 0. The van der Waals surface area contributed by atoms with Gasteiger partial charge in [0.05, 0.1) is 0 Å². The number of hydrogen-bond acceptors (Lipinski definition) is 0. The molecule has 0 rings (SSSR count). The first-order valence-electron chi connectivity index (χ1n) is 5.66. The fraction of sp³-hybridized carbons (Fsp3) is 0.500. The Bertz CT molecular complexity index is 5.49. The fourth-order valence-electron chi connectivity index (χ4n) is 0. The molecule has 0 saturated heterocycles. The van der Waals surface area contributed by atoms with Gasteiger partial charge in [0, 0.05) is 21.1 Å². The Morgan fingerprint density at radius 3 is 0.235 bits per heavy atom. The first-order valence-corrected chi connectivity index (χ1v) is 5.66. The SMILES string of the molecule is [CH2-]C.[CH2-]C.[CH2-]C.[CH2-]C.[CH2-]C.[CH2-]C.[CH2-]C.[CH2-]C.[Pt]. The summed E-state index contributed by atoms with van der Waals surface area (Å²) in [5.74, 6) is 0. The third kappa shape index (κ3) is 7600. The molecule has 1 heteroatoms. The second kappa shape index (κ2) is 8670. The van der Waals surface area contributed by atoms with Crippen LogP contribution in [0.1, 0.15) is 55.4 Å². The van der Waals surface area contributed by atoms with Crippen LogP contribution < -0.4 is 0 Å². The average molecular weight is 428 g/mol. The van der Waals surface area contributed by atoms with Gasteiger partial charge in [-0.25, -0.2) is 0 Å².